The van der Waals surface area contributed by atoms with Gasteiger partial charge in [0.05, 0.1) is 21.2 Å². The molecule has 0 radical (unpaired) electrons. The Labute approximate surface area is 441 Å². The summed E-state index contributed by atoms with van der Waals surface area (Å²) in [4.78, 5) is 5.53. The maximum absolute atomic E-state index is 15.8. The van der Waals surface area contributed by atoms with Crippen LogP contribution in [0, 0.1) is 12.7 Å². The van der Waals surface area contributed by atoms with Gasteiger partial charge in [0.2, 0.25) is 0 Å². The fourth-order valence-electron chi connectivity index (χ4n) is 9.81. The van der Waals surface area contributed by atoms with Crippen LogP contribution >= 0.6 is 23.4 Å². The summed E-state index contributed by atoms with van der Waals surface area (Å²) in [6, 6.07) is 29.6. The van der Waals surface area contributed by atoms with Gasteiger partial charge in [0.25, 0.3) is 19.9 Å². The predicted molar refractivity (Wildman–Crippen MR) is 289 cm³/mol. The number of aromatic nitrogens is 1. The third-order valence-corrected chi connectivity index (χ3v) is 18.9. The van der Waals surface area contributed by atoms with Gasteiger partial charge in [-0.3, -0.25) is 4.72 Å². The molecule has 21 heteroatoms. The number of piperazine rings is 1. The highest BCUT2D eigenvalue weighted by Gasteiger charge is 2.48. The number of nitrogens with one attached hydrogen (secondary N) is 2. The number of sulfonamides is 1. The van der Waals surface area contributed by atoms with Gasteiger partial charge in [-0.25, -0.2) is 29.6 Å². The third-order valence-electron chi connectivity index (χ3n) is 13.4. The van der Waals surface area contributed by atoms with E-state index in [0.29, 0.717) is 84.2 Å². The fourth-order valence-corrected chi connectivity index (χ4v) is 14.3. The van der Waals surface area contributed by atoms with Crippen molar-refractivity contribution in [3.05, 3.63) is 132 Å². The molecule has 6 aromatic rings. The summed E-state index contributed by atoms with van der Waals surface area (Å²) in [7, 11) is -14.4. The lowest BCUT2D eigenvalue weighted by Crippen LogP contribution is -2.46. The van der Waals surface area contributed by atoms with Crippen LogP contribution in [-0.4, -0.2) is 104 Å². The molecule has 5 aromatic carbocycles. The van der Waals surface area contributed by atoms with E-state index in [0.717, 1.165) is 66.9 Å². The van der Waals surface area contributed by atoms with E-state index in [1.165, 1.54) is 36.0 Å². The summed E-state index contributed by atoms with van der Waals surface area (Å²) >= 11 is 7.72. The van der Waals surface area contributed by atoms with Crippen LogP contribution < -0.4 is 19.8 Å². The van der Waals surface area contributed by atoms with Gasteiger partial charge in [0.15, 0.2) is 9.84 Å². The summed E-state index contributed by atoms with van der Waals surface area (Å²) in [6.45, 7) is 9.96. The number of hydrogen-bond donors (Lipinski definition) is 2. The molecule has 0 spiro atoms. The molecule has 0 unspecified atom stereocenters. The van der Waals surface area contributed by atoms with Gasteiger partial charge in [-0.2, -0.15) is 13.2 Å². The lowest BCUT2D eigenvalue weighted by molar-refractivity contribution is -0.0435. The van der Waals surface area contributed by atoms with Gasteiger partial charge in [0.1, 0.15) is 10.7 Å². The van der Waals surface area contributed by atoms with Crippen LogP contribution in [0.25, 0.3) is 22.4 Å². The quantitative estimate of drug-likeness (QED) is 0.0628. The van der Waals surface area contributed by atoms with Crippen molar-refractivity contribution >= 4 is 75.8 Å². The van der Waals surface area contributed by atoms with Gasteiger partial charge in [-0.1, -0.05) is 48.4 Å². The monoisotopic (exact) mass is 1110 g/mol. The van der Waals surface area contributed by atoms with Crippen molar-refractivity contribution in [3.8, 4) is 22.4 Å². The summed E-state index contributed by atoms with van der Waals surface area (Å²) < 4.78 is 144. The fraction of sp³-hybridized carbons (Fsp3) is 0.358. The smallest absolute Gasteiger partial charge is 0.380 e. The van der Waals surface area contributed by atoms with E-state index >= 15 is 4.39 Å². The van der Waals surface area contributed by atoms with Crippen molar-refractivity contribution in [2.45, 2.75) is 83.6 Å². The maximum atomic E-state index is 15.8. The lowest BCUT2D eigenvalue weighted by Gasteiger charge is -2.37. The number of benzene rings is 5. The number of hydrogen-bond acceptors (Lipinski definition) is 11. The van der Waals surface area contributed by atoms with Crippen LogP contribution in [0.3, 0.4) is 0 Å². The molecular formula is C53H59ClF4N6O6S4. The Kier molecular flexibility index (Phi) is 16.7. The molecule has 12 nitrogen and oxygen atoms in total. The minimum absolute atomic E-state index is 0.0887. The van der Waals surface area contributed by atoms with E-state index in [2.05, 4.69) is 19.8 Å². The van der Waals surface area contributed by atoms with Gasteiger partial charge in [-0.05, 0) is 149 Å². The van der Waals surface area contributed by atoms with E-state index < -0.39 is 56.9 Å². The molecule has 1 atom stereocenters. The van der Waals surface area contributed by atoms with Crippen LogP contribution in [0.4, 0.5) is 40.3 Å². The van der Waals surface area contributed by atoms with Crippen molar-refractivity contribution in [2.24, 2.45) is 0 Å². The van der Waals surface area contributed by atoms with Gasteiger partial charge in [-0.15, -0.1) is 11.8 Å². The van der Waals surface area contributed by atoms with Crippen LogP contribution in [-0.2, 0) is 29.7 Å². The Morgan fingerprint density at radius 3 is 1.97 bits per heavy atom. The van der Waals surface area contributed by atoms with Crippen LogP contribution in [0.5, 0.6) is 0 Å². The summed E-state index contributed by atoms with van der Waals surface area (Å²) in [6.07, 6.45) is 4.87. The number of nitrogens with zero attached hydrogens (tertiary/aromatic N) is 4. The second-order valence-electron chi connectivity index (χ2n) is 19.0. The average molecular weight is 1120 g/mol. The van der Waals surface area contributed by atoms with Gasteiger partial charge in [0, 0.05) is 95.1 Å². The Balaban J connectivity index is 0.987. The standard InChI is InChI=1S/C53H59ClF4N6O6S4/c1-36(2)64-37(3)52(72(4,65)66)50(51(64)38-13-15-40(54)16-14-38)39-31-41(55)33-45(32-39)63-29-27-62(28-30-63)44-19-17-42(18-20-44)60-74(69,70)47-21-22-48(49(34-47)73(67,68)53(56,57)58)59-43(23-26-61-24-9-6-10-25-61)35-71-46-11-7-5-8-12-46/h5,7-8,11-22,31-34,36,43,59-60H,6,9-10,23-30,35H2,1-4H3/t43-/m1/s1. The van der Waals surface area contributed by atoms with Crippen molar-refractivity contribution < 1.29 is 42.8 Å². The predicted octanol–water partition coefficient (Wildman–Crippen LogP) is 11.8. The van der Waals surface area contributed by atoms with Crippen LogP contribution in [0.2, 0.25) is 5.02 Å². The molecule has 0 saturated carbocycles. The zero-order valence-corrected chi connectivity index (χ0v) is 45.4. The number of thioether (sulfide) groups is 1. The van der Waals surface area contributed by atoms with E-state index in [4.69, 9.17) is 11.6 Å². The normalized spacial score (nSPS) is 15.6. The zero-order chi connectivity index (χ0) is 53.2. The van der Waals surface area contributed by atoms with E-state index in [9.17, 15) is 38.4 Å². The molecule has 2 aliphatic heterocycles. The molecule has 0 amide bonds. The molecule has 2 saturated heterocycles. The number of sulfone groups is 2. The Morgan fingerprint density at radius 2 is 1.36 bits per heavy atom. The topological polar surface area (TPSA) is 141 Å². The highest BCUT2D eigenvalue weighted by molar-refractivity contribution is 7.99. The SMILES string of the molecule is Cc1c(S(C)(=O)=O)c(-c2cc(F)cc(N3CCN(c4ccc(NS(=O)(=O)c5ccc(N[C@H](CCN6CCCCC6)CSc6ccccc6)c(S(=O)(=O)C(F)(F)F)c5)cc4)CC3)c2)c(-c2ccc(Cl)cc2)n1C(C)C. The van der Waals surface area contributed by atoms with Crippen LogP contribution in [0.1, 0.15) is 51.3 Å². The minimum atomic E-state index is -6.02. The number of alkyl halides is 3. The first kappa shape index (κ1) is 55.0. The number of halogens is 5. The third kappa shape index (κ3) is 12.5. The zero-order valence-electron chi connectivity index (χ0n) is 41.4. The van der Waals surface area contributed by atoms with Crippen molar-refractivity contribution in [3.63, 3.8) is 0 Å². The molecule has 3 heterocycles. The Morgan fingerprint density at radius 1 is 0.730 bits per heavy atom. The molecule has 0 bridgehead atoms. The summed E-state index contributed by atoms with van der Waals surface area (Å²) in [5.74, 6) is -0.136. The number of anilines is 4. The molecular weight excluding hydrogens is 1060 g/mol. The van der Waals surface area contributed by atoms with Gasteiger partial charge < -0.3 is 24.6 Å². The van der Waals surface area contributed by atoms with E-state index in [-0.39, 0.29) is 22.3 Å². The second kappa shape index (κ2) is 22.5. The minimum Gasteiger partial charge on any atom is -0.380 e. The van der Waals surface area contributed by atoms with E-state index in [1.807, 2.05) is 65.8 Å². The van der Waals surface area contributed by atoms with Crippen molar-refractivity contribution in [1.29, 1.82) is 0 Å². The number of piperidine rings is 1. The lowest BCUT2D eigenvalue weighted by atomic mass is 9.99. The highest BCUT2D eigenvalue weighted by Crippen LogP contribution is 2.45. The molecule has 2 fully saturated rings. The van der Waals surface area contributed by atoms with Crippen molar-refractivity contribution in [2.75, 3.05) is 77.7 Å². The molecule has 8 rings (SSSR count). The first-order chi connectivity index (χ1) is 35.0. The largest absolute Gasteiger partial charge is 0.501 e. The first-order valence-electron chi connectivity index (χ1n) is 24.3. The summed E-state index contributed by atoms with van der Waals surface area (Å²) in [5, 5.41) is 3.57. The van der Waals surface area contributed by atoms with Crippen molar-refractivity contribution in [1.82, 2.24) is 9.47 Å². The number of rotatable bonds is 18. The van der Waals surface area contributed by atoms with Crippen LogP contribution in [0.15, 0.2) is 135 Å². The molecule has 2 N–H and O–H groups in total. The Bertz CT molecular complexity index is 3290. The number of likely N-dealkylation sites (tertiary alicyclic amines) is 1. The molecule has 0 aliphatic carbocycles. The molecule has 2 aliphatic rings. The highest BCUT2D eigenvalue weighted by atomic mass is 35.5. The molecule has 74 heavy (non-hydrogen) atoms. The molecule has 396 valence electrons. The Hall–Kier alpha value is -5.25. The molecule has 1 aromatic heterocycles. The summed E-state index contributed by atoms with van der Waals surface area (Å²) in [5.41, 5.74) is -2.00. The maximum Gasteiger partial charge on any atom is 0.501 e. The second-order valence-corrected chi connectivity index (χ2v) is 26.0. The average Bonchev–Trinajstić information content (AvgIpc) is 3.69. The first-order valence-corrected chi connectivity index (χ1v) is 30.5. The van der Waals surface area contributed by atoms with Gasteiger partial charge >= 0.3 is 5.51 Å². The van der Waals surface area contributed by atoms with E-state index in [1.54, 1.807) is 37.3 Å².